The van der Waals surface area contributed by atoms with Gasteiger partial charge in [-0.15, -0.1) is 0 Å². The molecule has 0 aromatic carbocycles. The number of aromatic nitrogens is 2. The molecule has 0 amide bonds. The van der Waals surface area contributed by atoms with Crippen molar-refractivity contribution >= 4 is 0 Å². The number of nitrogens with zero attached hydrogens (tertiary/aromatic N) is 2. The van der Waals surface area contributed by atoms with Gasteiger partial charge >= 0.3 is 0 Å². The van der Waals surface area contributed by atoms with Gasteiger partial charge in [0.05, 0.1) is 19.5 Å². The summed E-state index contributed by atoms with van der Waals surface area (Å²) in [5, 5.41) is 0. The SMILES string of the molecule is CCCCCCCCCCCC[n+]1ccn(C)c1C(C)C. The zero-order chi connectivity index (χ0) is 15.5. The molecular formula is C19H37N2+. The van der Waals surface area contributed by atoms with Crippen LogP contribution in [0, 0.1) is 0 Å². The van der Waals surface area contributed by atoms with Crippen molar-refractivity contribution in [3.63, 3.8) is 0 Å². The number of hydrogen-bond donors (Lipinski definition) is 0. The minimum absolute atomic E-state index is 0.605. The molecule has 1 rings (SSSR count). The van der Waals surface area contributed by atoms with Crippen molar-refractivity contribution in [2.75, 3.05) is 0 Å². The topological polar surface area (TPSA) is 8.81 Å². The number of aryl methyl sites for hydroxylation is 2. The van der Waals surface area contributed by atoms with E-state index in [1.54, 1.807) is 0 Å². The summed E-state index contributed by atoms with van der Waals surface area (Å²) in [6.07, 6.45) is 18.5. The number of imidazole rings is 1. The Bertz CT molecular complexity index is 366. The molecule has 2 heteroatoms. The Kier molecular flexibility index (Phi) is 9.45. The fourth-order valence-corrected chi connectivity index (χ4v) is 3.23. The average molecular weight is 294 g/mol. The lowest BCUT2D eigenvalue weighted by Crippen LogP contribution is -2.37. The van der Waals surface area contributed by atoms with Crippen molar-refractivity contribution in [3.05, 3.63) is 18.2 Å². The van der Waals surface area contributed by atoms with Crippen LogP contribution in [0.1, 0.15) is 96.7 Å². The predicted octanol–water partition coefficient (Wildman–Crippen LogP) is 5.36. The highest BCUT2D eigenvalue weighted by Crippen LogP contribution is 2.12. The summed E-state index contributed by atoms with van der Waals surface area (Å²) in [5.41, 5.74) is 0. The molecule has 2 nitrogen and oxygen atoms in total. The lowest BCUT2D eigenvalue weighted by atomic mass is 10.1. The molecule has 0 atom stereocenters. The van der Waals surface area contributed by atoms with E-state index in [9.17, 15) is 0 Å². The molecule has 0 fully saturated rings. The van der Waals surface area contributed by atoms with Crippen molar-refractivity contribution in [1.29, 1.82) is 0 Å². The van der Waals surface area contributed by atoms with Gasteiger partial charge in [-0.1, -0.05) is 72.1 Å². The summed E-state index contributed by atoms with van der Waals surface area (Å²) in [5.74, 6) is 2.05. The molecule has 0 aliphatic heterocycles. The van der Waals surface area contributed by atoms with Gasteiger partial charge in [-0.2, -0.15) is 0 Å². The number of hydrogen-bond acceptors (Lipinski definition) is 0. The lowest BCUT2D eigenvalue weighted by Gasteiger charge is -2.06. The second-order valence-corrected chi connectivity index (χ2v) is 6.80. The molecule has 0 bridgehead atoms. The maximum Gasteiger partial charge on any atom is 0.258 e. The second-order valence-electron chi connectivity index (χ2n) is 6.80. The lowest BCUT2D eigenvalue weighted by molar-refractivity contribution is -0.705. The zero-order valence-corrected chi connectivity index (χ0v) is 14.9. The van der Waals surface area contributed by atoms with Crippen LogP contribution >= 0.6 is 0 Å². The summed E-state index contributed by atoms with van der Waals surface area (Å²) in [6.45, 7) is 8.04. The van der Waals surface area contributed by atoms with Crippen LogP contribution in [-0.2, 0) is 13.6 Å². The third kappa shape index (κ3) is 7.15. The average Bonchev–Trinajstić information content (AvgIpc) is 2.82. The highest BCUT2D eigenvalue weighted by Gasteiger charge is 2.17. The van der Waals surface area contributed by atoms with Gasteiger partial charge in [0.15, 0.2) is 0 Å². The first kappa shape index (κ1) is 18.3. The fourth-order valence-electron chi connectivity index (χ4n) is 3.23. The highest BCUT2D eigenvalue weighted by atomic mass is 15.1. The Morgan fingerprint density at radius 2 is 1.43 bits per heavy atom. The molecule has 122 valence electrons. The van der Waals surface area contributed by atoms with Crippen LogP contribution < -0.4 is 4.57 Å². The Morgan fingerprint density at radius 1 is 0.905 bits per heavy atom. The second kappa shape index (κ2) is 10.9. The van der Waals surface area contributed by atoms with E-state index in [2.05, 4.69) is 49.3 Å². The van der Waals surface area contributed by atoms with E-state index in [-0.39, 0.29) is 0 Å². The van der Waals surface area contributed by atoms with Crippen molar-refractivity contribution in [3.8, 4) is 0 Å². The molecule has 0 aliphatic carbocycles. The van der Waals surface area contributed by atoms with Gasteiger partial charge in [0.25, 0.3) is 5.82 Å². The van der Waals surface area contributed by atoms with Gasteiger partial charge in [-0.05, 0) is 12.8 Å². The van der Waals surface area contributed by atoms with Crippen LogP contribution in [0.3, 0.4) is 0 Å². The summed E-state index contributed by atoms with van der Waals surface area (Å²) in [6, 6.07) is 0. The maximum absolute atomic E-state index is 2.44. The van der Waals surface area contributed by atoms with Crippen LogP contribution in [0.15, 0.2) is 12.4 Å². The van der Waals surface area contributed by atoms with Crippen molar-refractivity contribution in [2.45, 2.75) is 97.4 Å². The Balaban J connectivity index is 2.04. The van der Waals surface area contributed by atoms with Crippen molar-refractivity contribution in [2.24, 2.45) is 7.05 Å². The van der Waals surface area contributed by atoms with Crippen LogP contribution in [0.5, 0.6) is 0 Å². The van der Waals surface area contributed by atoms with E-state index in [1.807, 2.05) is 0 Å². The van der Waals surface area contributed by atoms with Crippen molar-refractivity contribution < 1.29 is 4.57 Å². The molecule has 0 spiro atoms. The molecule has 1 aromatic rings. The molecule has 0 aliphatic rings. The molecule has 1 heterocycles. The van der Waals surface area contributed by atoms with E-state index in [1.165, 1.54) is 76.6 Å². The number of unbranched alkanes of at least 4 members (excludes halogenated alkanes) is 9. The fraction of sp³-hybridized carbons (Fsp3) is 0.842. The summed E-state index contributed by atoms with van der Waals surface area (Å²) >= 11 is 0. The molecule has 0 N–H and O–H groups in total. The van der Waals surface area contributed by atoms with Crippen LogP contribution in [0.25, 0.3) is 0 Å². The minimum atomic E-state index is 0.605. The highest BCUT2D eigenvalue weighted by molar-refractivity contribution is 4.88. The maximum atomic E-state index is 2.44. The van der Waals surface area contributed by atoms with Crippen molar-refractivity contribution in [1.82, 2.24) is 4.57 Å². The summed E-state index contributed by atoms with van der Waals surface area (Å²) in [4.78, 5) is 0. The first-order valence-corrected chi connectivity index (χ1v) is 9.21. The van der Waals surface area contributed by atoms with E-state index in [0.29, 0.717) is 5.92 Å². The largest absolute Gasteiger partial charge is 0.258 e. The van der Waals surface area contributed by atoms with Gasteiger partial charge in [0, 0.05) is 0 Å². The van der Waals surface area contributed by atoms with Crippen LogP contribution in [0.4, 0.5) is 0 Å². The Labute approximate surface area is 132 Å². The molecule has 21 heavy (non-hydrogen) atoms. The number of rotatable bonds is 12. The normalized spacial score (nSPS) is 11.5. The Hall–Kier alpha value is -0.790. The first-order valence-electron chi connectivity index (χ1n) is 9.21. The smallest absolute Gasteiger partial charge is 0.237 e. The molecular weight excluding hydrogens is 256 g/mol. The molecule has 0 unspecified atom stereocenters. The summed E-state index contributed by atoms with van der Waals surface area (Å²) < 4.78 is 4.70. The third-order valence-electron chi connectivity index (χ3n) is 4.39. The molecule has 0 radical (unpaired) electrons. The molecule has 1 aromatic heterocycles. The van der Waals surface area contributed by atoms with E-state index >= 15 is 0 Å². The summed E-state index contributed by atoms with van der Waals surface area (Å²) in [7, 11) is 2.16. The molecule has 0 saturated carbocycles. The standard InChI is InChI=1S/C19H37N2/c1-5-6-7-8-9-10-11-12-13-14-15-21-17-16-20(4)19(21)18(2)3/h16-18H,5-15H2,1-4H3/q+1. The predicted molar refractivity (Wildman–Crippen MR) is 91.5 cm³/mol. The van der Waals surface area contributed by atoms with Crippen LogP contribution in [0.2, 0.25) is 0 Å². The zero-order valence-electron chi connectivity index (χ0n) is 14.9. The monoisotopic (exact) mass is 293 g/mol. The van der Waals surface area contributed by atoms with Gasteiger partial charge < -0.3 is 0 Å². The van der Waals surface area contributed by atoms with Gasteiger partial charge in [0.2, 0.25) is 0 Å². The third-order valence-corrected chi connectivity index (χ3v) is 4.39. The van der Waals surface area contributed by atoms with Gasteiger partial charge in [-0.3, -0.25) is 0 Å². The van der Waals surface area contributed by atoms with E-state index in [4.69, 9.17) is 0 Å². The minimum Gasteiger partial charge on any atom is -0.237 e. The quantitative estimate of drug-likeness (QED) is 0.362. The molecule has 0 saturated heterocycles. The Morgan fingerprint density at radius 3 is 1.95 bits per heavy atom. The first-order chi connectivity index (χ1) is 10.2. The van der Waals surface area contributed by atoms with Gasteiger partial charge in [0.1, 0.15) is 12.4 Å². The van der Waals surface area contributed by atoms with Gasteiger partial charge in [-0.25, -0.2) is 9.13 Å². The van der Waals surface area contributed by atoms with E-state index in [0.717, 1.165) is 0 Å². The van der Waals surface area contributed by atoms with E-state index < -0.39 is 0 Å². The van der Waals surface area contributed by atoms with Crippen LogP contribution in [-0.4, -0.2) is 4.57 Å².